The second-order valence-corrected chi connectivity index (χ2v) is 6.09. The molecule has 1 N–H and O–H groups in total. The average molecular weight is 373 g/mol. The Morgan fingerprint density at radius 3 is 2.61 bits per heavy atom. The van der Waals surface area contributed by atoms with E-state index in [0.29, 0.717) is 11.6 Å². The number of hydrogen-bond donors (Lipinski definition) is 1. The number of nitrogens with zero attached hydrogens (tertiary/aromatic N) is 3. The molecule has 28 heavy (non-hydrogen) atoms. The largest absolute Gasteiger partial charge is 0.480 e. The van der Waals surface area contributed by atoms with Crippen LogP contribution in [0.1, 0.15) is 0 Å². The van der Waals surface area contributed by atoms with Gasteiger partial charge in [0, 0.05) is 41.2 Å². The molecule has 0 bridgehead atoms. The van der Waals surface area contributed by atoms with E-state index in [1.807, 2.05) is 36.4 Å². The van der Waals surface area contributed by atoms with Crippen molar-refractivity contribution in [2.24, 2.45) is 0 Å². The normalized spacial score (nSPS) is 10.7. The van der Waals surface area contributed by atoms with Crippen molar-refractivity contribution in [2.45, 2.75) is 6.54 Å². The monoisotopic (exact) mass is 373 g/mol. The standard InChI is InChI=1S/C21H15N3O4/c25-19-8-7-15(12-24(19)13-20(26)27)28-21-17-6-2-1-5-16(17)18(11-23-21)14-4-3-9-22-10-14/h1-12H,13H2,(H,26,27). The van der Waals surface area contributed by atoms with Crippen molar-refractivity contribution in [2.75, 3.05) is 0 Å². The lowest BCUT2D eigenvalue weighted by atomic mass is 10.0. The van der Waals surface area contributed by atoms with Gasteiger partial charge in [0.1, 0.15) is 12.3 Å². The quantitative estimate of drug-likeness (QED) is 0.577. The number of pyridine rings is 3. The maximum absolute atomic E-state index is 11.8. The van der Waals surface area contributed by atoms with Crippen LogP contribution in [-0.4, -0.2) is 25.6 Å². The minimum atomic E-state index is -1.11. The van der Waals surface area contributed by atoms with Crippen LogP contribution in [0.15, 0.2) is 78.1 Å². The fraction of sp³-hybridized carbons (Fsp3) is 0.0476. The fourth-order valence-corrected chi connectivity index (χ4v) is 2.95. The van der Waals surface area contributed by atoms with Gasteiger partial charge in [-0.15, -0.1) is 0 Å². The third-order valence-corrected chi connectivity index (χ3v) is 4.21. The van der Waals surface area contributed by atoms with Gasteiger partial charge in [0.05, 0.1) is 6.20 Å². The topological polar surface area (TPSA) is 94.3 Å². The Kier molecular flexibility index (Phi) is 4.55. The van der Waals surface area contributed by atoms with E-state index >= 15 is 0 Å². The third-order valence-electron chi connectivity index (χ3n) is 4.21. The third kappa shape index (κ3) is 3.45. The van der Waals surface area contributed by atoms with Crippen molar-refractivity contribution in [1.82, 2.24) is 14.5 Å². The Morgan fingerprint density at radius 2 is 1.86 bits per heavy atom. The smallest absolute Gasteiger partial charge is 0.323 e. The first-order chi connectivity index (χ1) is 13.6. The maximum Gasteiger partial charge on any atom is 0.323 e. The van der Waals surface area contributed by atoms with Gasteiger partial charge in [-0.25, -0.2) is 4.98 Å². The van der Waals surface area contributed by atoms with Crippen LogP contribution in [-0.2, 0) is 11.3 Å². The SMILES string of the molecule is O=C(O)Cn1cc(Oc2ncc(-c3cccnc3)c3ccccc23)ccc1=O. The van der Waals surface area contributed by atoms with Crippen LogP contribution in [0.5, 0.6) is 11.6 Å². The summed E-state index contributed by atoms with van der Waals surface area (Å²) in [5, 5.41) is 10.7. The molecule has 1 aromatic carbocycles. The molecule has 7 nitrogen and oxygen atoms in total. The van der Waals surface area contributed by atoms with E-state index in [2.05, 4.69) is 9.97 Å². The van der Waals surface area contributed by atoms with Gasteiger partial charge in [-0.2, -0.15) is 0 Å². The number of fused-ring (bicyclic) bond motifs is 1. The van der Waals surface area contributed by atoms with E-state index in [4.69, 9.17) is 9.84 Å². The molecule has 0 fully saturated rings. The van der Waals surface area contributed by atoms with Gasteiger partial charge in [-0.3, -0.25) is 14.6 Å². The summed E-state index contributed by atoms with van der Waals surface area (Å²) in [6.07, 6.45) is 6.55. The van der Waals surface area contributed by atoms with Crippen LogP contribution in [0, 0.1) is 0 Å². The van der Waals surface area contributed by atoms with E-state index in [1.54, 1.807) is 18.6 Å². The number of rotatable bonds is 5. The molecule has 3 heterocycles. The summed E-state index contributed by atoms with van der Waals surface area (Å²) in [6, 6.07) is 14.3. The van der Waals surface area contributed by atoms with Crippen LogP contribution in [0.3, 0.4) is 0 Å². The van der Waals surface area contributed by atoms with Gasteiger partial charge < -0.3 is 14.4 Å². The molecule has 0 radical (unpaired) electrons. The molecule has 0 aliphatic rings. The molecule has 4 rings (SSSR count). The molecular formula is C21H15N3O4. The molecule has 0 aliphatic heterocycles. The summed E-state index contributed by atoms with van der Waals surface area (Å²) in [5.74, 6) is -0.417. The zero-order valence-electron chi connectivity index (χ0n) is 14.6. The molecule has 3 aromatic heterocycles. The predicted octanol–water partition coefficient (Wildman–Crippen LogP) is 3.34. The zero-order chi connectivity index (χ0) is 19.5. The lowest BCUT2D eigenvalue weighted by molar-refractivity contribution is -0.137. The summed E-state index contributed by atoms with van der Waals surface area (Å²) >= 11 is 0. The van der Waals surface area contributed by atoms with Crippen molar-refractivity contribution < 1.29 is 14.6 Å². The van der Waals surface area contributed by atoms with Gasteiger partial charge in [0.2, 0.25) is 5.88 Å². The Balaban J connectivity index is 1.77. The van der Waals surface area contributed by atoms with Crippen LogP contribution < -0.4 is 10.3 Å². The molecule has 0 saturated carbocycles. The van der Waals surface area contributed by atoms with Gasteiger partial charge in [0.15, 0.2) is 0 Å². The molecule has 0 spiro atoms. The second kappa shape index (κ2) is 7.32. The van der Waals surface area contributed by atoms with Gasteiger partial charge in [-0.1, -0.05) is 24.3 Å². The lowest BCUT2D eigenvalue weighted by Crippen LogP contribution is -2.22. The Labute approximate surface area is 159 Å². The highest BCUT2D eigenvalue weighted by atomic mass is 16.5. The molecular weight excluding hydrogens is 358 g/mol. The minimum Gasteiger partial charge on any atom is -0.480 e. The summed E-state index contributed by atoms with van der Waals surface area (Å²) < 4.78 is 6.95. The minimum absolute atomic E-state index is 0.327. The van der Waals surface area contributed by atoms with Gasteiger partial charge >= 0.3 is 5.97 Å². The second-order valence-electron chi connectivity index (χ2n) is 6.09. The number of hydrogen-bond acceptors (Lipinski definition) is 5. The Hall–Kier alpha value is -4.00. The van der Waals surface area contributed by atoms with E-state index in [0.717, 1.165) is 26.5 Å². The van der Waals surface area contributed by atoms with Crippen molar-refractivity contribution in [3.63, 3.8) is 0 Å². The molecule has 0 saturated heterocycles. The van der Waals surface area contributed by atoms with Crippen LogP contribution in [0.2, 0.25) is 0 Å². The molecule has 0 aliphatic carbocycles. The van der Waals surface area contributed by atoms with Crippen LogP contribution in [0.25, 0.3) is 21.9 Å². The van der Waals surface area contributed by atoms with E-state index in [-0.39, 0.29) is 0 Å². The van der Waals surface area contributed by atoms with E-state index < -0.39 is 18.1 Å². The fourth-order valence-electron chi connectivity index (χ4n) is 2.95. The molecule has 0 atom stereocenters. The lowest BCUT2D eigenvalue weighted by Gasteiger charge is -2.12. The number of carbonyl (C=O) groups is 1. The Bertz CT molecular complexity index is 1220. The highest BCUT2D eigenvalue weighted by molar-refractivity contribution is 5.98. The number of carboxylic acid groups (broad SMARTS) is 1. The summed E-state index contributed by atoms with van der Waals surface area (Å²) in [5.41, 5.74) is 1.44. The molecule has 7 heteroatoms. The molecule has 4 aromatic rings. The number of benzene rings is 1. The van der Waals surface area contributed by atoms with Crippen molar-refractivity contribution in [3.05, 3.63) is 83.7 Å². The predicted molar refractivity (Wildman–Crippen MR) is 103 cm³/mol. The number of ether oxygens (including phenoxy) is 1. The first-order valence-corrected chi connectivity index (χ1v) is 8.50. The highest BCUT2D eigenvalue weighted by Crippen LogP contribution is 2.33. The van der Waals surface area contributed by atoms with Crippen molar-refractivity contribution in [3.8, 4) is 22.8 Å². The van der Waals surface area contributed by atoms with Crippen molar-refractivity contribution in [1.29, 1.82) is 0 Å². The van der Waals surface area contributed by atoms with Gasteiger partial charge in [0.25, 0.3) is 5.56 Å². The number of aliphatic carboxylic acids is 1. The highest BCUT2D eigenvalue weighted by Gasteiger charge is 2.12. The maximum atomic E-state index is 11.8. The molecule has 138 valence electrons. The average Bonchev–Trinajstić information content (AvgIpc) is 2.71. The Morgan fingerprint density at radius 1 is 1.04 bits per heavy atom. The molecule has 0 unspecified atom stereocenters. The molecule has 0 amide bonds. The van der Waals surface area contributed by atoms with E-state index in [1.165, 1.54) is 18.3 Å². The number of aromatic nitrogens is 3. The van der Waals surface area contributed by atoms with Gasteiger partial charge in [-0.05, 0) is 23.6 Å². The first-order valence-electron chi connectivity index (χ1n) is 8.50. The van der Waals surface area contributed by atoms with Crippen LogP contribution in [0.4, 0.5) is 0 Å². The first kappa shape index (κ1) is 17.4. The summed E-state index contributed by atoms with van der Waals surface area (Å²) in [4.78, 5) is 31.3. The number of carboxylic acids is 1. The zero-order valence-corrected chi connectivity index (χ0v) is 14.6. The summed E-state index contributed by atoms with van der Waals surface area (Å²) in [7, 11) is 0. The van der Waals surface area contributed by atoms with E-state index in [9.17, 15) is 9.59 Å². The van der Waals surface area contributed by atoms with Crippen molar-refractivity contribution >= 4 is 16.7 Å². The summed E-state index contributed by atoms with van der Waals surface area (Å²) in [6.45, 7) is -0.440. The van der Waals surface area contributed by atoms with Crippen LogP contribution >= 0.6 is 0 Å².